The van der Waals surface area contributed by atoms with Gasteiger partial charge < -0.3 is 10.1 Å². The van der Waals surface area contributed by atoms with Crippen LogP contribution in [0.3, 0.4) is 0 Å². The molecule has 0 bridgehead atoms. The summed E-state index contributed by atoms with van der Waals surface area (Å²) in [5, 5.41) is 2.81. The summed E-state index contributed by atoms with van der Waals surface area (Å²) in [5.74, 6) is 4.38. The number of aromatic nitrogens is 1. The Labute approximate surface area is 232 Å². The molecule has 0 spiro atoms. The molecule has 1 N–H and O–H groups in total. The van der Waals surface area contributed by atoms with Gasteiger partial charge in [0.25, 0.3) is 0 Å². The van der Waals surface area contributed by atoms with Gasteiger partial charge in [0.1, 0.15) is 27.7 Å². The van der Waals surface area contributed by atoms with Crippen LogP contribution >= 0.6 is 15.9 Å². The Hall–Kier alpha value is -2.51. The van der Waals surface area contributed by atoms with E-state index in [-0.39, 0.29) is 6.42 Å². The number of nitrogens with one attached hydrogen (secondary N) is 1. The molecular formula is C28H33BrF2N2O4S. The van der Waals surface area contributed by atoms with Crippen molar-refractivity contribution >= 4 is 31.9 Å². The first kappa shape index (κ1) is 30.0. The zero-order valence-electron chi connectivity index (χ0n) is 22.5. The number of amides is 1. The molecule has 0 saturated heterocycles. The van der Waals surface area contributed by atoms with Crippen molar-refractivity contribution in [2.75, 3.05) is 6.26 Å². The second-order valence-electron chi connectivity index (χ2n) is 11.0. The molecule has 0 saturated carbocycles. The van der Waals surface area contributed by atoms with Crippen LogP contribution in [-0.4, -0.2) is 36.1 Å². The van der Waals surface area contributed by atoms with E-state index in [9.17, 15) is 22.0 Å². The third-order valence-corrected chi connectivity index (χ3v) is 9.11. The lowest BCUT2D eigenvalue weighted by Gasteiger charge is -2.27. The molecule has 1 aromatic heterocycles. The number of pyridine rings is 1. The van der Waals surface area contributed by atoms with Gasteiger partial charge in [-0.3, -0.25) is 0 Å². The van der Waals surface area contributed by atoms with Gasteiger partial charge >= 0.3 is 6.09 Å². The molecule has 1 aliphatic rings. The molecule has 2 aromatic rings. The van der Waals surface area contributed by atoms with E-state index in [1.165, 1.54) is 26.0 Å². The summed E-state index contributed by atoms with van der Waals surface area (Å²) >= 11 is 3.67. The number of alkyl carbamates (subject to hydrolysis) is 1. The first-order chi connectivity index (χ1) is 17.5. The van der Waals surface area contributed by atoms with Gasteiger partial charge in [-0.15, -0.1) is 0 Å². The number of nitrogens with zero attached hydrogens (tertiary/aromatic N) is 1. The van der Waals surface area contributed by atoms with Gasteiger partial charge in [-0.25, -0.2) is 27.0 Å². The number of carbonyl (C=O) groups excluding carboxylic acids is 1. The van der Waals surface area contributed by atoms with Crippen LogP contribution in [0.1, 0.15) is 81.6 Å². The third kappa shape index (κ3) is 7.54. The van der Waals surface area contributed by atoms with Crippen molar-refractivity contribution in [1.29, 1.82) is 0 Å². The fourth-order valence-corrected chi connectivity index (χ4v) is 5.11. The Kier molecular flexibility index (Phi) is 8.94. The minimum absolute atomic E-state index is 0.0278. The third-order valence-electron chi connectivity index (χ3n) is 6.27. The lowest BCUT2D eigenvalue weighted by Crippen LogP contribution is -2.36. The Bertz CT molecular complexity index is 1390. The Balaban J connectivity index is 2.17. The highest BCUT2D eigenvalue weighted by Crippen LogP contribution is 2.36. The Morgan fingerprint density at radius 3 is 2.24 bits per heavy atom. The number of sulfone groups is 1. The largest absolute Gasteiger partial charge is 0.444 e. The molecule has 1 aliphatic carbocycles. The van der Waals surface area contributed by atoms with Gasteiger partial charge in [0, 0.05) is 16.8 Å². The number of hydrogen-bond donors (Lipinski definition) is 1. The molecule has 6 nitrogen and oxygen atoms in total. The van der Waals surface area contributed by atoms with Crippen molar-refractivity contribution in [3.05, 3.63) is 62.4 Å². The topological polar surface area (TPSA) is 85.4 Å². The molecule has 1 aromatic carbocycles. The van der Waals surface area contributed by atoms with Crippen LogP contribution < -0.4 is 5.32 Å². The molecule has 1 atom stereocenters. The predicted octanol–water partition coefficient (Wildman–Crippen LogP) is 5.98. The highest BCUT2D eigenvalue weighted by molar-refractivity contribution is 9.10. The number of fused-ring (bicyclic) bond motifs is 1. The van der Waals surface area contributed by atoms with Crippen molar-refractivity contribution in [3.63, 3.8) is 0 Å². The summed E-state index contributed by atoms with van der Waals surface area (Å²) in [6.07, 6.45) is 3.79. The van der Waals surface area contributed by atoms with Gasteiger partial charge in [-0.1, -0.05) is 5.92 Å². The second kappa shape index (κ2) is 11.3. The lowest BCUT2D eigenvalue weighted by molar-refractivity contribution is 0.0502. The number of benzene rings is 1. The lowest BCUT2D eigenvalue weighted by atomic mass is 9.89. The summed E-state index contributed by atoms with van der Waals surface area (Å²) in [5.41, 5.74) is 2.30. The van der Waals surface area contributed by atoms with Crippen molar-refractivity contribution in [3.8, 4) is 11.8 Å². The van der Waals surface area contributed by atoms with E-state index in [1.54, 1.807) is 20.8 Å². The molecule has 1 unspecified atom stereocenters. The van der Waals surface area contributed by atoms with Crippen molar-refractivity contribution in [2.45, 2.75) is 83.1 Å². The maximum Gasteiger partial charge on any atom is 0.408 e. The zero-order valence-corrected chi connectivity index (χ0v) is 24.9. The highest BCUT2D eigenvalue weighted by atomic mass is 79.9. The smallest absolute Gasteiger partial charge is 0.408 e. The molecule has 0 fully saturated rings. The maximum atomic E-state index is 14.0. The summed E-state index contributed by atoms with van der Waals surface area (Å²) in [7, 11) is -3.47. The van der Waals surface area contributed by atoms with Gasteiger partial charge in [-0.05, 0) is 117 Å². The van der Waals surface area contributed by atoms with Crippen LogP contribution in [0.2, 0.25) is 0 Å². The molecule has 0 radical (unpaired) electrons. The minimum atomic E-state index is -3.47. The number of rotatable bonds is 5. The van der Waals surface area contributed by atoms with Crippen molar-refractivity contribution in [1.82, 2.24) is 10.3 Å². The fourth-order valence-electron chi connectivity index (χ4n) is 4.07. The SMILES string of the molecule is CC(C)(C)OC(=O)NC(Cc1cc(F)cc(F)c1)c1nc(C#CC(C)(C)S(C)(=O)=O)c2c(c1Br)CCCC2. The van der Waals surface area contributed by atoms with E-state index in [1.807, 2.05) is 0 Å². The molecule has 10 heteroatoms. The summed E-state index contributed by atoms with van der Waals surface area (Å²) in [6.45, 7) is 8.26. The van der Waals surface area contributed by atoms with Crippen molar-refractivity contribution in [2.24, 2.45) is 0 Å². The van der Waals surface area contributed by atoms with Crippen LogP contribution in [0.25, 0.3) is 0 Å². The number of halogens is 3. The van der Waals surface area contributed by atoms with Gasteiger partial charge in [0.15, 0.2) is 9.84 Å². The highest BCUT2D eigenvalue weighted by Gasteiger charge is 2.30. The van der Waals surface area contributed by atoms with Gasteiger partial charge in [0.2, 0.25) is 0 Å². The van der Waals surface area contributed by atoms with Crippen LogP contribution in [0.4, 0.5) is 13.6 Å². The van der Waals surface area contributed by atoms with E-state index in [0.717, 1.165) is 49.1 Å². The minimum Gasteiger partial charge on any atom is -0.444 e. The fraction of sp³-hybridized carbons (Fsp3) is 0.500. The monoisotopic (exact) mass is 610 g/mol. The summed E-state index contributed by atoms with van der Waals surface area (Å²) < 4.78 is 57.3. The number of carbonyl (C=O) groups is 1. The van der Waals surface area contributed by atoms with E-state index in [4.69, 9.17) is 9.72 Å². The number of hydrogen-bond acceptors (Lipinski definition) is 5. The van der Waals surface area contributed by atoms with Crippen LogP contribution in [-0.2, 0) is 33.8 Å². The van der Waals surface area contributed by atoms with E-state index >= 15 is 0 Å². The zero-order chi connectivity index (χ0) is 28.5. The molecular weight excluding hydrogens is 578 g/mol. The Morgan fingerprint density at radius 1 is 1.11 bits per heavy atom. The van der Waals surface area contributed by atoms with Crippen LogP contribution in [0, 0.1) is 23.5 Å². The first-order valence-electron chi connectivity index (χ1n) is 12.4. The van der Waals surface area contributed by atoms with Crippen LogP contribution in [0.5, 0.6) is 0 Å². The van der Waals surface area contributed by atoms with E-state index in [0.29, 0.717) is 21.4 Å². The molecule has 38 heavy (non-hydrogen) atoms. The first-order valence-corrected chi connectivity index (χ1v) is 15.0. The molecule has 1 amide bonds. The normalized spacial score (nSPS) is 14.7. The van der Waals surface area contributed by atoms with E-state index < -0.39 is 44.0 Å². The molecule has 1 heterocycles. The average molecular weight is 612 g/mol. The second-order valence-corrected chi connectivity index (χ2v) is 14.4. The van der Waals surface area contributed by atoms with Gasteiger partial charge in [0.05, 0.1) is 11.7 Å². The van der Waals surface area contributed by atoms with Gasteiger partial charge in [-0.2, -0.15) is 0 Å². The molecule has 3 rings (SSSR count). The number of ether oxygens (including phenoxy) is 1. The summed E-state index contributed by atoms with van der Waals surface area (Å²) in [6, 6.07) is 2.36. The standard InChI is InChI=1S/C28H33BrF2N2O4S/c1-27(2,3)37-26(34)33-23(15-17-13-18(30)16-19(31)14-17)25-24(29)21-10-8-7-9-20(21)22(32-25)11-12-28(4,5)38(6,35)36/h13-14,16,23H,7-10,15H2,1-6H3,(H,33,34). The quantitative estimate of drug-likeness (QED) is 0.421. The van der Waals surface area contributed by atoms with E-state index in [2.05, 4.69) is 33.1 Å². The summed E-state index contributed by atoms with van der Waals surface area (Å²) in [4.78, 5) is 17.6. The molecule has 0 aliphatic heterocycles. The predicted molar refractivity (Wildman–Crippen MR) is 147 cm³/mol. The Morgan fingerprint density at radius 2 is 1.68 bits per heavy atom. The average Bonchev–Trinajstić information content (AvgIpc) is 2.75. The van der Waals surface area contributed by atoms with Crippen LogP contribution in [0.15, 0.2) is 22.7 Å². The maximum absolute atomic E-state index is 14.0. The molecule has 206 valence electrons. The van der Waals surface area contributed by atoms with Crippen molar-refractivity contribution < 1.29 is 26.7 Å².